The zero-order valence-corrected chi connectivity index (χ0v) is 19.5. The van der Waals surface area contributed by atoms with Crippen LogP contribution in [0.25, 0.3) is 10.9 Å². The molecule has 1 saturated carbocycles. The van der Waals surface area contributed by atoms with Crippen molar-refractivity contribution in [3.63, 3.8) is 0 Å². The van der Waals surface area contributed by atoms with Crippen LogP contribution in [0.4, 0.5) is 8.78 Å². The zero-order valence-electron chi connectivity index (χ0n) is 19.5. The number of halogens is 2. The van der Waals surface area contributed by atoms with Gasteiger partial charge in [-0.15, -0.1) is 0 Å². The number of nitrogens with zero attached hydrogens (tertiary/aromatic N) is 2. The summed E-state index contributed by atoms with van der Waals surface area (Å²) in [6, 6.07) is 11.3. The lowest BCUT2D eigenvalue weighted by molar-refractivity contribution is -0.139. The number of nitrogens with one attached hydrogen (secondary N) is 1. The van der Waals surface area contributed by atoms with E-state index in [1.54, 1.807) is 35.9 Å². The van der Waals surface area contributed by atoms with Crippen LogP contribution in [0.15, 0.2) is 48.7 Å². The molecule has 1 saturated heterocycles. The summed E-state index contributed by atoms with van der Waals surface area (Å²) >= 11 is 0. The van der Waals surface area contributed by atoms with Gasteiger partial charge >= 0.3 is 0 Å². The van der Waals surface area contributed by atoms with Crippen LogP contribution >= 0.6 is 0 Å². The number of benzene rings is 2. The lowest BCUT2D eigenvalue weighted by atomic mass is 10.1. The smallest absolute Gasteiger partial charge is 0.243 e. The maximum absolute atomic E-state index is 14.3. The summed E-state index contributed by atoms with van der Waals surface area (Å²) in [5.41, 5.74) is 2.14. The van der Waals surface area contributed by atoms with Crippen LogP contribution < -0.4 is 5.32 Å². The predicted octanol–water partition coefficient (Wildman–Crippen LogP) is 3.94. The molecule has 1 aromatic heterocycles. The molecule has 1 aliphatic heterocycles. The normalized spacial score (nSPS) is 19.8. The second kappa shape index (κ2) is 9.24. The van der Waals surface area contributed by atoms with Crippen LogP contribution in [0.1, 0.15) is 40.7 Å². The molecular weight excluding hydrogens is 452 g/mol. The first-order chi connectivity index (χ1) is 16.8. The number of alkyl halides is 1. The minimum atomic E-state index is -1.32. The largest absolute Gasteiger partial charge is 0.350 e. The van der Waals surface area contributed by atoms with Crippen molar-refractivity contribution in [2.24, 2.45) is 5.92 Å². The molecule has 0 spiro atoms. The van der Waals surface area contributed by atoms with Crippen LogP contribution in [-0.2, 0) is 22.7 Å². The second-order valence-corrected chi connectivity index (χ2v) is 9.49. The minimum Gasteiger partial charge on any atom is -0.350 e. The second-order valence-electron chi connectivity index (χ2n) is 9.49. The summed E-state index contributed by atoms with van der Waals surface area (Å²) in [5, 5.41) is 3.44. The molecule has 2 aromatic carbocycles. The van der Waals surface area contributed by atoms with Gasteiger partial charge in [0.2, 0.25) is 11.8 Å². The van der Waals surface area contributed by atoms with E-state index in [4.69, 9.17) is 0 Å². The van der Waals surface area contributed by atoms with Gasteiger partial charge in [0.05, 0.1) is 6.54 Å². The van der Waals surface area contributed by atoms with Crippen LogP contribution in [0.5, 0.6) is 0 Å². The standard InChI is InChI=1S/C27H27F2N3O3/c1-16-5-4-6-18(25(16)29)12-30-27(35)23-11-19(28)13-32(23)24(33)15-31-14-21(26(34)17-9-10-17)20-7-2-3-8-22(20)31/h2-8,14,17,19,23H,9-13,15H2,1H3,(H,30,35)/t19-,23+/m1/s1. The number of ketones is 1. The van der Waals surface area contributed by atoms with Crippen molar-refractivity contribution >= 4 is 28.5 Å². The van der Waals surface area contributed by atoms with Crippen molar-refractivity contribution in [3.8, 4) is 0 Å². The van der Waals surface area contributed by atoms with E-state index in [9.17, 15) is 23.2 Å². The van der Waals surface area contributed by atoms with Crippen LogP contribution in [-0.4, -0.2) is 45.8 Å². The zero-order chi connectivity index (χ0) is 24.7. The monoisotopic (exact) mass is 479 g/mol. The molecule has 2 atom stereocenters. The molecule has 1 aliphatic carbocycles. The van der Waals surface area contributed by atoms with Gasteiger partial charge in [0.25, 0.3) is 0 Å². The van der Waals surface area contributed by atoms with E-state index in [-0.39, 0.29) is 37.8 Å². The molecule has 0 unspecified atom stereocenters. The van der Waals surface area contributed by atoms with E-state index < -0.39 is 29.8 Å². The maximum atomic E-state index is 14.3. The Labute approximate surface area is 201 Å². The quantitative estimate of drug-likeness (QED) is 0.522. The number of fused-ring (bicyclic) bond motifs is 1. The number of para-hydroxylation sites is 1. The third-order valence-corrected chi connectivity index (χ3v) is 6.91. The Balaban J connectivity index is 1.32. The number of hydrogen-bond acceptors (Lipinski definition) is 3. The fraction of sp³-hybridized carbons (Fsp3) is 0.370. The van der Waals surface area contributed by atoms with Crippen molar-refractivity contribution in [2.75, 3.05) is 6.54 Å². The van der Waals surface area contributed by atoms with Gasteiger partial charge in [0.15, 0.2) is 5.78 Å². The molecule has 2 fully saturated rings. The van der Waals surface area contributed by atoms with Crippen molar-refractivity contribution < 1.29 is 23.2 Å². The Bertz CT molecular complexity index is 1310. The molecule has 8 heteroatoms. The Hall–Kier alpha value is -3.55. The van der Waals surface area contributed by atoms with Crippen molar-refractivity contribution in [3.05, 3.63) is 71.2 Å². The van der Waals surface area contributed by atoms with Crippen molar-refractivity contribution in [1.29, 1.82) is 0 Å². The molecular formula is C27H27F2N3O3. The van der Waals surface area contributed by atoms with Gasteiger partial charge in [-0.3, -0.25) is 14.4 Å². The van der Waals surface area contributed by atoms with Gasteiger partial charge in [-0.05, 0) is 31.4 Å². The first-order valence-electron chi connectivity index (χ1n) is 11.9. The number of carbonyl (C=O) groups is 3. The first kappa shape index (κ1) is 23.2. The number of aryl methyl sites for hydroxylation is 1. The number of Topliss-reactive ketones (excluding diaryl/α,β-unsaturated/α-hetero) is 1. The van der Waals surface area contributed by atoms with E-state index >= 15 is 0 Å². The van der Waals surface area contributed by atoms with Crippen LogP contribution in [0.2, 0.25) is 0 Å². The van der Waals surface area contributed by atoms with Crippen molar-refractivity contribution in [1.82, 2.24) is 14.8 Å². The average Bonchev–Trinajstić information content (AvgIpc) is 3.54. The summed E-state index contributed by atoms with van der Waals surface area (Å²) in [4.78, 5) is 40.1. The lowest BCUT2D eigenvalue weighted by Crippen LogP contribution is -2.46. The van der Waals surface area contributed by atoms with E-state index in [1.165, 1.54) is 4.90 Å². The number of likely N-dealkylation sites (tertiary alicyclic amines) is 1. The summed E-state index contributed by atoms with van der Waals surface area (Å²) in [7, 11) is 0. The molecule has 6 nitrogen and oxygen atoms in total. The third kappa shape index (κ3) is 4.57. The summed E-state index contributed by atoms with van der Waals surface area (Å²) in [6.07, 6.45) is 2.03. The minimum absolute atomic E-state index is 0.0437. The first-order valence-corrected chi connectivity index (χ1v) is 11.9. The number of amides is 2. The SMILES string of the molecule is Cc1cccc(CNC(=O)[C@@H]2C[C@@H](F)CN2C(=O)Cn2cc(C(=O)C3CC3)c3ccccc32)c1F. The Morgan fingerprint density at radius 3 is 2.63 bits per heavy atom. The maximum Gasteiger partial charge on any atom is 0.243 e. The van der Waals surface area contributed by atoms with Gasteiger partial charge in [0, 0.05) is 47.1 Å². The predicted molar refractivity (Wildman–Crippen MR) is 127 cm³/mol. The fourth-order valence-electron chi connectivity index (χ4n) is 4.83. The van der Waals surface area contributed by atoms with E-state index in [2.05, 4.69) is 5.32 Å². The van der Waals surface area contributed by atoms with Gasteiger partial charge < -0.3 is 14.8 Å². The van der Waals surface area contributed by atoms with Crippen LogP contribution in [0, 0.1) is 18.7 Å². The van der Waals surface area contributed by atoms with E-state index in [0.717, 1.165) is 23.7 Å². The summed E-state index contributed by atoms with van der Waals surface area (Å²) in [5.74, 6) is -1.19. The number of hydrogen-bond donors (Lipinski definition) is 1. The van der Waals surface area contributed by atoms with Gasteiger partial charge in [-0.1, -0.05) is 36.4 Å². The Morgan fingerprint density at radius 1 is 1.09 bits per heavy atom. The number of carbonyl (C=O) groups excluding carboxylic acids is 3. The molecule has 2 amide bonds. The Kier molecular flexibility index (Phi) is 6.13. The molecule has 5 rings (SSSR count). The Morgan fingerprint density at radius 2 is 1.86 bits per heavy atom. The third-order valence-electron chi connectivity index (χ3n) is 6.91. The molecule has 0 bridgehead atoms. The van der Waals surface area contributed by atoms with Gasteiger partial charge in [0.1, 0.15) is 24.6 Å². The molecule has 35 heavy (non-hydrogen) atoms. The summed E-state index contributed by atoms with van der Waals surface area (Å²) in [6.45, 7) is 1.31. The highest BCUT2D eigenvalue weighted by Crippen LogP contribution is 2.35. The van der Waals surface area contributed by atoms with Crippen LogP contribution in [0.3, 0.4) is 0 Å². The highest BCUT2D eigenvalue weighted by molar-refractivity contribution is 6.10. The highest BCUT2D eigenvalue weighted by atomic mass is 19.1. The van der Waals surface area contributed by atoms with Gasteiger partial charge in [-0.25, -0.2) is 8.78 Å². The average molecular weight is 480 g/mol. The summed E-state index contributed by atoms with van der Waals surface area (Å²) < 4.78 is 30.3. The highest BCUT2D eigenvalue weighted by Gasteiger charge is 2.40. The fourth-order valence-corrected chi connectivity index (χ4v) is 4.83. The van der Waals surface area contributed by atoms with E-state index in [0.29, 0.717) is 16.7 Å². The topological polar surface area (TPSA) is 71.4 Å². The number of aromatic nitrogens is 1. The van der Waals surface area contributed by atoms with Crippen molar-refractivity contribution in [2.45, 2.75) is 51.5 Å². The molecule has 0 radical (unpaired) electrons. The molecule has 2 heterocycles. The molecule has 1 N–H and O–H groups in total. The molecule has 3 aromatic rings. The number of rotatable bonds is 7. The van der Waals surface area contributed by atoms with Gasteiger partial charge in [-0.2, -0.15) is 0 Å². The van der Waals surface area contributed by atoms with E-state index in [1.807, 2.05) is 24.3 Å². The molecule has 182 valence electrons. The molecule has 2 aliphatic rings. The lowest BCUT2D eigenvalue weighted by Gasteiger charge is -2.24.